The van der Waals surface area contributed by atoms with Crippen molar-refractivity contribution in [1.29, 1.82) is 0 Å². The number of fused-ring (bicyclic) bond motifs is 3. The molecule has 0 N–H and O–H groups in total. The first-order valence-corrected chi connectivity index (χ1v) is 17.0. The highest BCUT2D eigenvalue weighted by Gasteiger charge is 2.29. The number of hydrogen-bond donors (Lipinski definition) is 0. The molecule has 0 saturated carbocycles. The average molecular weight is 707 g/mol. The Labute approximate surface area is 281 Å². The zero-order valence-corrected chi connectivity index (χ0v) is 28.0. The minimum atomic E-state index is 0.210. The van der Waals surface area contributed by atoms with Gasteiger partial charge in [-0.05, 0) is 101 Å². The first kappa shape index (κ1) is 28.2. The van der Waals surface area contributed by atoms with Crippen LogP contribution >= 0.6 is 31.9 Å². The van der Waals surface area contributed by atoms with E-state index in [0.717, 1.165) is 8.95 Å². The van der Waals surface area contributed by atoms with Crippen LogP contribution in [-0.4, -0.2) is 0 Å². The molecule has 216 valence electrons. The molecule has 0 aliphatic heterocycles. The minimum absolute atomic E-state index is 0.210. The van der Waals surface area contributed by atoms with Crippen LogP contribution in [0.4, 0.5) is 0 Å². The summed E-state index contributed by atoms with van der Waals surface area (Å²) in [6.07, 6.45) is 9.18. The molecule has 7 aromatic carbocycles. The largest absolute Gasteiger partial charge is 0.0808 e. The Hall–Kier alpha value is -4.24. The van der Waals surface area contributed by atoms with E-state index < -0.39 is 0 Å². The molecule has 0 amide bonds. The van der Waals surface area contributed by atoms with Gasteiger partial charge in [-0.3, -0.25) is 0 Å². The lowest BCUT2D eigenvalue weighted by molar-refractivity contribution is 0.643. The van der Waals surface area contributed by atoms with E-state index in [1.54, 1.807) is 0 Å². The van der Waals surface area contributed by atoms with Crippen molar-refractivity contribution in [2.24, 2.45) is 5.92 Å². The summed E-state index contributed by atoms with van der Waals surface area (Å²) >= 11 is 7.73. The molecule has 8 rings (SSSR count). The van der Waals surface area contributed by atoms with E-state index in [2.05, 4.69) is 190 Å². The van der Waals surface area contributed by atoms with E-state index >= 15 is 0 Å². The third-order valence-corrected chi connectivity index (χ3v) is 10.2. The van der Waals surface area contributed by atoms with Crippen LogP contribution in [0.15, 0.2) is 161 Å². The van der Waals surface area contributed by atoms with Gasteiger partial charge in [0.15, 0.2) is 0 Å². The third-order valence-electron chi connectivity index (χ3n) is 9.26. The number of allylic oxidation sites excluding steroid dienone is 4. The molecule has 0 heterocycles. The normalized spacial score (nSPS) is 16.2. The fourth-order valence-electron chi connectivity index (χ4n) is 7.35. The SMILES string of the molecule is CC1C=CC=CC1c1c2ccc(Br)cc2c(-c2ccccc2)c2c(-c3ccccc3)c3ccc(Br)cc3c(-c3ccccc3)c12. The second kappa shape index (κ2) is 11.6. The quantitative estimate of drug-likeness (QED) is 0.160. The molecule has 0 nitrogen and oxygen atoms in total. The van der Waals surface area contributed by atoms with Crippen molar-refractivity contribution in [3.63, 3.8) is 0 Å². The summed E-state index contributed by atoms with van der Waals surface area (Å²) in [5.41, 5.74) is 8.89. The Bertz CT molecular complexity index is 2280. The summed E-state index contributed by atoms with van der Waals surface area (Å²) in [6.45, 7) is 2.35. The second-order valence-corrected chi connectivity index (χ2v) is 13.8. The van der Waals surface area contributed by atoms with Gasteiger partial charge < -0.3 is 0 Å². The van der Waals surface area contributed by atoms with Gasteiger partial charge in [-0.2, -0.15) is 0 Å². The Balaban J connectivity index is 1.76. The molecule has 2 heteroatoms. The summed E-state index contributed by atoms with van der Waals surface area (Å²) in [7, 11) is 0. The Morgan fingerprint density at radius 2 is 0.889 bits per heavy atom. The van der Waals surface area contributed by atoms with Crippen LogP contribution in [0.1, 0.15) is 18.4 Å². The van der Waals surface area contributed by atoms with E-state index in [9.17, 15) is 0 Å². The predicted molar refractivity (Wildman–Crippen MR) is 201 cm³/mol. The molecular formula is C43H30Br2. The molecule has 0 fully saturated rings. The maximum absolute atomic E-state index is 3.87. The fourth-order valence-corrected chi connectivity index (χ4v) is 8.07. The first-order valence-electron chi connectivity index (χ1n) is 15.5. The van der Waals surface area contributed by atoms with E-state index in [1.807, 2.05) is 0 Å². The molecule has 1 aliphatic carbocycles. The van der Waals surface area contributed by atoms with Crippen molar-refractivity contribution in [1.82, 2.24) is 0 Å². The van der Waals surface area contributed by atoms with Gasteiger partial charge in [-0.15, -0.1) is 0 Å². The third kappa shape index (κ3) is 4.79. The van der Waals surface area contributed by atoms with Gasteiger partial charge in [0.05, 0.1) is 0 Å². The van der Waals surface area contributed by atoms with Crippen LogP contribution in [0.5, 0.6) is 0 Å². The maximum Gasteiger partial charge on any atom is 0.0181 e. The number of halogens is 2. The highest BCUT2D eigenvalue weighted by Crippen LogP contribution is 2.54. The average Bonchev–Trinajstić information content (AvgIpc) is 3.08. The molecule has 0 spiro atoms. The van der Waals surface area contributed by atoms with Gasteiger partial charge in [0, 0.05) is 14.9 Å². The van der Waals surface area contributed by atoms with Gasteiger partial charge in [-0.25, -0.2) is 0 Å². The van der Waals surface area contributed by atoms with E-state index in [4.69, 9.17) is 0 Å². The van der Waals surface area contributed by atoms with Crippen LogP contribution in [0.25, 0.3) is 65.7 Å². The fraction of sp³-hybridized carbons (Fsp3) is 0.0698. The van der Waals surface area contributed by atoms with Crippen LogP contribution in [0, 0.1) is 5.92 Å². The predicted octanol–water partition coefficient (Wildman–Crippen LogP) is 13.5. The molecule has 0 aromatic heterocycles. The highest BCUT2D eigenvalue weighted by molar-refractivity contribution is 9.10. The molecule has 0 saturated heterocycles. The molecule has 1 aliphatic rings. The van der Waals surface area contributed by atoms with Gasteiger partial charge in [-0.1, -0.05) is 166 Å². The molecular weight excluding hydrogens is 676 g/mol. The van der Waals surface area contributed by atoms with Crippen LogP contribution in [0.2, 0.25) is 0 Å². The van der Waals surface area contributed by atoms with E-state index in [0.29, 0.717) is 5.92 Å². The maximum atomic E-state index is 3.87. The second-order valence-electron chi connectivity index (χ2n) is 11.9. The van der Waals surface area contributed by atoms with Crippen LogP contribution in [-0.2, 0) is 0 Å². The lowest BCUT2D eigenvalue weighted by Gasteiger charge is -2.30. The molecule has 2 atom stereocenters. The lowest BCUT2D eigenvalue weighted by atomic mass is 9.73. The van der Waals surface area contributed by atoms with Gasteiger partial charge in [0.25, 0.3) is 0 Å². The molecule has 2 unspecified atom stereocenters. The topological polar surface area (TPSA) is 0 Å². The zero-order valence-electron chi connectivity index (χ0n) is 24.8. The van der Waals surface area contributed by atoms with Crippen LogP contribution in [0.3, 0.4) is 0 Å². The zero-order chi connectivity index (χ0) is 30.5. The summed E-state index contributed by atoms with van der Waals surface area (Å²) in [5.74, 6) is 0.552. The van der Waals surface area contributed by atoms with Crippen LogP contribution < -0.4 is 0 Å². The Morgan fingerprint density at radius 1 is 0.444 bits per heavy atom. The number of hydrogen-bond acceptors (Lipinski definition) is 0. The van der Waals surface area contributed by atoms with Crippen molar-refractivity contribution in [2.45, 2.75) is 12.8 Å². The number of benzene rings is 7. The highest BCUT2D eigenvalue weighted by atomic mass is 79.9. The summed E-state index contributed by atoms with van der Waals surface area (Å²) < 4.78 is 2.16. The molecule has 7 aromatic rings. The monoisotopic (exact) mass is 704 g/mol. The summed E-state index contributed by atoms with van der Waals surface area (Å²) in [5, 5.41) is 7.70. The Kier molecular flexibility index (Phi) is 7.28. The van der Waals surface area contributed by atoms with Gasteiger partial charge >= 0.3 is 0 Å². The number of rotatable bonds is 4. The van der Waals surface area contributed by atoms with E-state index in [1.165, 1.54) is 71.3 Å². The first-order chi connectivity index (χ1) is 22.1. The smallest absolute Gasteiger partial charge is 0.0181 e. The van der Waals surface area contributed by atoms with Crippen molar-refractivity contribution in [3.05, 3.63) is 166 Å². The standard InChI is InChI=1S/C43H30Br2/c1-27-13-11-12-20-33(27)41-35-24-22-32(45)26-37(35)39(29-16-7-3-8-17-29)42-38(28-14-5-2-6-15-28)34-23-21-31(44)25-36(34)40(43(41)42)30-18-9-4-10-19-30/h2-27,33H,1H3. The molecule has 45 heavy (non-hydrogen) atoms. The summed E-state index contributed by atoms with van der Waals surface area (Å²) in [6, 6.07) is 46.6. The van der Waals surface area contributed by atoms with Crippen molar-refractivity contribution >= 4 is 64.2 Å². The Morgan fingerprint density at radius 3 is 1.42 bits per heavy atom. The minimum Gasteiger partial charge on any atom is -0.0808 e. The van der Waals surface area contributed by atoms with Gasteiger partial charge in [0.2, 0.25) is 0 Å². The van der Waals surface area contributed by atoms with E-state index in [-0.39, 0.29) is 5.92 Å². The lowest BCUT2D eigenvalue weighted by Crippen LogP contribution is -2.10. The summed E-state index contributed by atoms with van der Waals surface area (Å²) in [4.78, 5) is 0. The van der Waals surface area contributed by atoms with Gasteiger partial charge in [0.1, 0.15) is 0 Å². The van der Waals surface area contributed by atoms with Crippen molar-refractivity contribution in [3.8, 4) is 33.4 Å². The van der Waals surface area contributed by atoms with Crippen molar-refractivity contribution < 1.29 is 0 Å². The molecule has 0 radical (unpaired) electrons. The molecule has 0 bridgehead atoms. The van der Waals surface area contributed by atoms with Crippen molar-refractivity contribution in [2.75, 3.05) is 0 Å².